The zero-order valence-electron chi connectivity index (χ0n) is 9.98. The van der Waals surface area contributed by atoms with Crippen molar-refractivity contribution < 1.29 is 19.8 Å². The fourth-order valence-corrected chi connectivity index (χ4v) is 2.48. The van der Waals surface area contributed by atoms with Crippen LogP contribution in [0.2, 0.25) is 5.02 Å². The highest BCUT2D eigenvalue weighted by Crippen LogP contribution is 2.32. The van der Waals surface area contributed by atoms with Crippen LogP contribution < -0.4 is 0 Å². The fraction of sp³-hybridized carbons (Fsp3) is 0. The highest BCUT2D eigenvalue weighted by molar-refractivity contribution is 6.36. The number of hydrogen-bond donors (Lipinski definition) is 3. The summed E-state index contributed by atoms with van der Waals surface area (Å²) in [6.07, 6.45) is 0. The molecule has 0 spiro atoms. The Balaban J connectivity index is 2.43. The normalized spacial score (nSPS) is 11.1. The third kappa shape index (κ3) is 1.80. The molecule has 0 atom stereocenters. The van der Waals surface area contributed by atoms with Gasteiger partial charge in [-0.1, -0.05) is 11.6 Å². The molecule has 100 valence electrons. The van der Waals surface area contributed by atoms with Crippen LogP contribution in [0.15, 0.2) is 30.3 Å². The Morgan fingerprint density at radius 2 is 1.60 bits per heavy atom. The van der Waals surface area contributed by atoms with E-state index in [2.05, 4.69) is 4.98 Å². The summed E-state index contributed by atoms with van der Waals surface area (Å²) in [7, 11) is 0. The molecule has 3 rings (SSSR count). The first-order valence-electron chi connectivity index (χ1n) is 5.69. The maximum absolute atomic E-state index is 11.1. The standard InChI is InChI=1S/C14H8ClNO4/c15-10-5-7(14(19)20)4-9-8-3-6(13(17)18)1-2-11(8)16-12(9)10/h1-5,16H,(H,17,18)(H,19,20). The van der Waals surface area contributed by atoms with E-state index in [1.54, 1.807) is 6.07 Å². The number of aromatic nitrogens is 1. The molecule has 0 saturated heterocycles. The SMILES string of the molecule is O=C(O)c1ccc2[nH]c3c(Cl)cc(C(=O)O)cc3c2c1. The molecule has 6 heteroatoms. The fourth-order valence-electron chi connectivity index (χ4n) is 2.21. The van der Waals surface area contributed by atoms with Crippen molar-refractivity contribution in [3.05, 3.63) is 46.5 Å². The third-order valence-electron chi connectivity index (χ3n) is 3.15. The van der Waals surface area contributed by atoms with E-state index in [1.165, 1.54) is 24.3 Å². The first kappa shape index (κ1) is 12.5. The van der Waals surface area contributed by atoms with Crippen LogP contribution in [0.3, 0.4) is 0 Å². The molecule has 0 bridgehead atoms. The molecule has 3 N–H and O–H groups in total. The zero-order chi connectivity index (χ0) is 14.4. The van der Waals surface area contributed by atoms with Gasteiger partial charge in [-0.25, -0.2) is 9.59 Å². The Morgan fingerprint density at radius 3 is 2.25 bits per heavy atom. The second-order valence-corrected chi connectivity index (χ2v) is 4.78. The van der Waals surface area contributed by atoms with Crippen molar-refractivity contribution in [3.63, 3.8) is 0 Å². The Kier molecular flexibility index (Phi) is 2.65. The first-order chi connectivity index (χ1) is 9.47. The van der Waals surface area contributed by atoms with Gasteiger partial charge in [-0.2, -0.15) is 0 Å². The predicted octanol–water partition coefficient (Wildman–Crippen LogP) is 3.37. The quantitative estimate of drug-likeness (QED) is 0.674. The van der Waals surface area contributed by atoms with Crippen molar-refractivity contribution in [1.29, 1.82) is 0 Å². The number of aromatic amines is 1. The van der Waals surface area contributed by atoms with E-state index in [-0.39, 0.29) is 16.1 Å². The molecule has 0 radical (unpaired) electrons. The molecule has 0 aliphatic carbocycles. The second-order valence-electron chi connectivity index (χ2n) is 4.38. The monoisotopic (exact) mass is 289 g/mol. The minimum atomic E-state index is -1.09. The maximum Gasteiger partial charge on any atom is 0.335 e. The van der Waals surface area contributed by atoms with Gasteiger partial charge >= 0.3 is 11.9 Å². The van der Waals surface area contributed by atoms with Crippen molar-refractivity contribution in [2.75, 3.05) is 0 Å². The maximum atomic E-state index is 11.1. The topological polar surface area (TPSA) is 90.4 Å². The van der Waals surface area contributed by atoms with Crippen LogP contribution in [0, 0.1) is 0 Å². The van der Waals surface area contributed by atoms with Crippen LogP contribution in [-0.4, -0.2) is 27.1 Å². The Bertz CT molecular complexity index is 882. The van der Waals surface area contributed by atoms with E-state index in [0.29, 0.717) is 21.8 Å². The summed E-state index contributed by atoms with van der Waals surface area (Å²) < 4.78 is 0. The number of aromatic carboxylic acids is 2. The molecular weight excluding hydrogens is 282 g/mol. The molecule has 0 unspecified atom stereocenters. The molecule has 1 aromatic heterocycles. The van der Waals surface area contributed by atoms with Gasteiger partial charge in [-0.05, 0) is 30.3 Å². The summed E-state index contributed by atoms with van der Waals surface area (Å²) >= 11 is 6.07. The van der Waals surface area contributed by atoms with Crippen molar-refractivity contribution >= 4 is 45.3 Å². The number of halogens is 1. The number of carbonyl (C=O) groups is 2. The van der Waals surface area contributed by atoms with Gasteiger partial charge in [0.25, 0.3) is 0 Å². The van der Waals surface area contributed by atoms with Crippen LogP contribution >= 0.6 is 11.6 Å². The van der Waals surface area contributed by atoms with E-state index in [9.17, 15) is 9.59 Å². The lowest BCUT2D eigenvalue weighted by atomic mass is 10.1. The largest absolute Gasteiger partial charge is 0.478 e. The third-order valence-corrected chi connectivity index (χ3v) is 3.45. The molecule has 3 aromatic rings. The molecule has 0 aliphatic rings. The number of benzene rings is 2. The van der Waals surface area contributed by atoms with E-state index in [4.69, 9.17) is 21.8 Å². The van der Waals surface area contributed by atoms with Crippen LogP contribution in [0.4, 0.5) is 0 Å². The number of hydrogen-bond acceptors (Lipinski definition) is 2. The highest BCUT2D eigenvalue weighted by Gasteiger charge is 2.14. The smallest absolute Gasteiger partial charge is 0.335 e. The predicted molar refractivity (Wildman–Crippen MR) is 74.7 cm³/mol. The molecule has 5 nitrogen and oxygen atoms in total. The van der Waals surface area contributed by atoms with Gasteiger partial charge in [0.1, 0.15) is 0 Å². The summed E-state index contributed by atoms with van der Waals surface area (Å²) in [5.74, 6) is -2.13. The van der Waals surface area contributed by atoms with Crippen molar-refractivity contribution in [2.45, 2.75) is 0 Å². The van der Waals surface area contributed by atoms with Crippen LogP contribution in [0.1, 0.15) is 20.7 Å². The summed E-state index contributed by atoms with van der Waals surface area (Å²) in [4.78, 5) is 25.1. The van der Waals surface area contributed by atoms with Gasteiger partial charge in [0, 0.05) is 16.3 Å². The molecule has 0 fully saturated rings. The summed E-state index contributed by atoms with van der Waals surface area (Å²) in [5, 5.41) is 19.6. The number of H-pyrrole nitrogens is 1. The second kappa shape index (κ2) is 4.25. The molecule has 2 aromatic carbocycles. The lowest BCUT2D eigenvalue weighted by Crippen LogP contribution is -1.96. The van der Waals surface area contributed by atoms with E-state index in [0.717, 1.165) is 0 Å². The highest BCUT2D eigenvalue weighted by atomic mass is 35.5. The van der Waals surface area contributed by atoms with Gasteiger partial charge in [0.2, 0.25) is 0 Å². The van der Waals surface area contributed by atoms with E-state index in [1.807, 2.05) is 0 Å². The minimum absolute atomic E-state index is 0.0594. The zero-order valence-corrected chi connectivity index (χ0v) is 10.7. The van der Waals surface area contributed by atoms with Gasteiger partial charge in [0.15, 0.2) is 0 Å². The molecule has 1 heterocycles. The average Bonchev–Trinajstić information content (AvgIpc) is 2.77. The van der Waals surface area contributed by atoms with Crippen molar-refractivity contribution in [3.8, 4) is 0 Å². The van der Waals surface area contributed by atoms with Crippen LogP contribution in [0.25, 0.3) is 21.8 Å². The molecule has 20 heavy (non-hydrogen) atoms. The lowest BCUT2D eigenvalue weighted by Gasteiger charge is -1.99. The number of carboxylic acids is 2. The minimum Gasteiger partial charge on any atom is -0.478 e. The van der Waals surface area contributed by atoms with Crippen LogP contribution in [0.5, 0.6) is 0 Å². The van der Waals surface area contributed by atoms with Crippen molar-refractivity contribution in [1.82, 2.24) is 4.98 Å². The summed E-state index contributed by atoms with van der Waals surface area (Å²) in [6, 6.07) is 7.45. The van der Waals surface area contributed by atoms with E-state index >= 15 is 0 Å². The number of fused-ring (bicyclic) bond motifs is 3. The molecule has 0 saturated carbocycles. The van der Waals surface area contributed by atoms with Gasteiger partial charge in [0.05, 0.1) is 21.7 Å². The first-order valence-corrected chi connectivity index (χ1v) is 6.07. The molecule has 0 amide bonds. The van der Waals surface area contributed by atoms with Gasteiger partial charge in [-0.15, -0.1) is 0 Å². The average molecular weight is 290 g/mol. The number of nitrogens with one attached hydrogen (secondary N) is 1. The number of carboxylic acid groups (broad SMARTS) is 2. The van der Waals surface area contributed by atoms with Gasteiger partial charge in [-0.3, -0.25) is 0 Å². The van der Waals surface area contributed by atoms with Crippen LogP contribution in [-0.2, 0) is 0 Å². The Morgan fingerprint density at radius 1 is 0.950 bits per heavy atom. The number of rotatable bonds is 2. The van der Waals surface area contributed by atoms with Gasteiger partial charge < -0.3 is 15.2 Å². The molecular formula is C14H8ClNO4. The Labute approximate surface area is 117 Å². The summed E-state index contributed by atoms with van der Waals surface area (Å²) in [6.45, 7) is 0. The molecule has 0 aliphatic heterocycles. The summed E-state index contributed by atoms with van der Waals surface area (Å²) in [5.41, 5.74) is 1.49. The van der Waals surface area contributed by atoms with E-state index < -0.39 is 11.9 Å². The Hall–Kier alpha value is -2.53. The van der Waals surface area contributed by atoms with Crippen molar-refractivity contribution in [2.24, 2.45) is 0 Å². The lowest BCUT2D eigenvalue weighted by molar-refractivity contribution is 0.0686.